The van der Waals surface area contributed by atoms with E-state index in [1.165, 1.54) is 0 Å². The number of hydrogen-bond acceptors (Lipinski definition) is 5. The fourth-order valence-corrected chi connectivity index (χ4v) is 2.23. The number of halogens is 2. The van der Waals surface area contributed by atoms with E-state index in [4.69, 9.17) is 10.5 Å². The average molecular weight is 324 g/mol. The predicted molar refractivity (Wildman–Crippen MR) is 75.0 cm³/mol. The maximum Gasteiger partial charge on any atom is 0.261 e. The van der Waals surface area contributed by atoms with E-state index in [-0.39, 0.29) is 25.5 Å². The molecule has 0 atom stereocenters. The lowest BCUT2D eigenvalue weighted by atomic mass is 10.3. The Kier molecular flexibility index (Phi) is 7.34. The van der Waals surface area contributed by atoms with Gasteiger partial charge in [-0.2, -0.15) is 0 Å². The van der Waals surface area contributed by atoms with Crippen LogP contribution in [0.25, 0.3) is 0 Å². The summed E-state index contributed by atoms with van der Waals surface area (Å²) in [5.41, 5.74) is 6.06. The Hall–Kier alpha value is -1.45. The Balaban J connectivity index is 2.22. The smallest absolute Gasteiger partial charge is 0.261 e. The SMILES string of the molecule is Nc1ccccc1OCCS(=O)(=O)NCCOCC(F)F. The predicted octanol–water partition coefficient (Wildman–Crippen LogP) is 0.849. The lowest BCUT2D eigenvalue weighted by Gasteiger charge is -2.10. The number of hydrogen-bond donors (Lipinski definition) is 2. The topological polar surface area (TPSA) is 90.7 Å². The van der Waals surface area contributed by atoms with Crippen LogP contribution >= 0.6 is 0 Å². The molecule has 21 heavy (non-hydrogen) atoms. The van der Waals surface area contributed by atoms with Crippen LogP contribution in [0.3, 0.4) is 0 Å². The summed E-state index contributed by atoms with van der Waals surface area (Å²) in [6.07, 6.45) is -2.56. The molecule has 0 radical (unpaired) electrons. The van der Waals surface area contributed by atoms with Gasteiger partial charge in [0.2, 0.25) is 10.0 Å². The van der Waals surface area contributed by atoms with Gasteiger partial charge in [0.05, 0.1) is 18.0 Å². The second kappa shape index (κ2) is 8.75. The average Bonchev–Trinajstić information content (AvgIpc) is 2.40. The van der Waals surface area contributed by atoms with Gasteiger partial charge in [0.1, 0.15) is 19.0 Å². The van der Waals surface area contributed by atoms with Gasteiger partial charge in [-0.05, 0) is 12.1 Å². The molecule has 0 saturated heterocycles. The van der Waals surface area contributed by atoms with Gasteiger partial charge in [-0.3, -0.25) is 0 Å². The first-order chi connectivity index (χ1) is 9.91. The van der Waals surface area contributed by atoms with Crippen molar-refractivity contribution in [3.63, 3.8) is 0 Å². The first-order valence-electron chi connectivity index (χ1n) is 6.21. The largest absolute Gasteiger partial charge is 0.490 e. The molecule has 0 aliphatic carbocycles. The number of ether oxygens (including phenoxy) is 2. The number of sulfonamides is 1. The molecule has 0 aliphatic rings. The highest BCUT2D eigenvalue weighted by Gasteiger charge is 2.10. The van der Waals surface area contributed by atoms with E-state index in [2.05, 4.69) is 9.46 Å². The molecule has 0 aromatic heterocycles. The van der Waals surface area contributed by atoms with E-state index >= 15 is 0 Å². The van der Waals surface area contributed by atoms with Crippen LogP contribution < -0.4 is 15.2 Å². The highest BCUT2D eigenvalue weighted by atomic mass is 32.2. The molecule has 1 aromatic carbocycles. The number of para-hydroxylation sites is 2. The van der Waals surface area contributed by atoms with Crippen molar-refractivity contribution in [3.8, 4) is 5.75 Å². The third kappa shape index (κ3) is 7.78. The zero-order chi connectivity index (χ0) is 15.7. The van der Waals surface area contributed by atoms with Gasteiger partial charge >= 0.3 is 0 Å². The van der Waals surface area contributed by atoms with Crippen LogP contribution in [0.2, 0.25) is 0 Å². The fraction of sp³-hybridized carbons (Fsp3) is 0.500. The van der Waals surface area contributed by atoms with Crippen molar-refractivity contribution >= 4 is 15.7 Å². The number of nitrogens with one attached hydrogen (secondary N) is 1. The summed E-state index contributed by atoms with van der Waals surface area (Å²) < 4.78 is 58.7. The molecule has 3 N–H and O–H groups in total. The van der Waals surface area contributed by atoms with E-state index in [1.807, 2.05) is 0 Å². The molecule has 9 heteroatoms. The molecule has 0 bridgehead atoms. The molecular weight excluding hydrogens is 306 g/mol. The summed E-state index contributed by atoms with van der Waals surface area (Å²) in [5.74, 6) is 0.142. The van der Waals surface area contributed by atoms with Crippen molar-refractivity contribution in [3.05, 3.63) is 24.3 Å². The molecule has 1 rings (SSSR count). The van der Waals surface area contributed by atoms with Crippen molar-refractivity contribution in [2.45, 2.75) is 6.43 Å². The summed E-state index contributed by atoms with van der Waals surface area (Å²) >= 11 is 0. The first-order valence-corrected chi connectivity index (χ1v) is 7.86. The van der Waals surface area contributed by atoms with Gasteiger partial charge in [-0.15, -0.1) is 0 Å². The number of rotatable bonds is 10. The van der Waals surface area contributed by atoms with Crippen molar-refractivity contribution in [2.24, 2.45) is 0 Å². The summed E-state index contributed by atoms with van der Waals surface area (Å²) in [7, 11) is -3.55. The Bertz CT molecular complexity index is 526. The van der Waals surface area contributed by atoms with Crippen LogP contribution in [0.15, 0.2) is 24.3 Å². The van der Waals surface area contributed by atoms with Gasteiger partial charge in [0.25, 0.3) is 6.43 Å². The minimum Gasteiger partial charge on any atom is -0.490 e. The number of alkyl halides is 2. The zero-order valence-corrected chi connectivity index (χ0v) is 12.1. The number of nitrogens with two attached hydrogens (primary N) is 1. The molecule has 0 fully saturated rings. The van der Waals surface area contributed by atoms with Gasteiger partial charge in [-0.25, -0.2) is 21.9 Å². The molecule has 6 nitrogen and oxygen atoms in total. The van der Waals surface area contributed by atoms with Crippen LogP contribution in [0.4, 0.5) is 14.5 Å². The third-order valence-corrected chi connectivity index (χ3v) is 3.69. The molecule has 0 unspecified atom stereocenters. The summed E-state index contributed by atoms with van der Waals surface area (Å²) in [4.78, 5) is 0. The van der Waals surface area contributed by atoms with Crippen LogP contribution in [-0.2, 0) is 14.8 Å². The van der Waals surface area contributed by atoms with E-state index in [1.54, 1.807) is 24.3 Å². The molecule has 0 amide bonds. The van der Waals surface area contributed by atoms with Crippen LogP contribution in [0.1, 0.15) is 0 Å². The monoisotopic (exact) mass is 324 g/mol. The van der Waals surface area contributed by atoms with Gasteiger partial charge in [-0.1, -0.05) is 12.1 Å². The number of benzene rings is 1. The zero-order valence-electron chi connectivity index (χ0n) is 11.3. The summed E-state index contributed by atoms with van der Waals surface area (Å²) in [6.45, 7) is -0.960. The maximum atomic E-state index is 11.8. The standard InChI is InChI=1S/C12H18F2N2O4S/c13-12(14)9-19-6-5-16-21(17,18)8-7-20-11-4-2-1-3-10(11)15/h1-4,12,16H,5-9,15H2. The van der Waals surface area contributed by atoms with Crippen molar-refractivity contribution in [1.82, 2.24) is 4.72 Å². The molecule has 0 saturated carbocycles. The van der Waals surface area contributed by atoms with Crippen LogP contribution in [-0.4, -0.2) is 47.0 Å². The van der Waals surface area contributed by atoms with Gasteiger partial charge < -0.3 is 15.2 Å². The number of anilines is 1. The van der Waals surface area contributed by atoms with Crippen molar-refractivity contribution < 1.29 is 26.7 Å². The Morgan fingerprint density at radius 2 is 1.95 bits per heavy atom. The Morgan fingerprint density at radius 3 is 2.62 bits per heavy atom. The molecule has 120 valence electrons. The minimum atomic E-state index is -3.55. The van der Waals surface area contributed by atoms with Gasteiger partial charge in [0.15, 0.2) is 0 Å². The second-order valence-corrected chi connectivity index (χ2v) is 5.99. The molecular formula is C12H18F2N2O4S. The highest BCUT2D eigenvalue weighted by molar-refractivity contribution is 7.89. The van der Waals surface area contributed by atoms with Crippen LogP contribution in [0.5, 0.6) is 5.75 Å². The minimum absolute atomic E-state index is 0.0669. The summed E-state index contributed by atoms with van der Waals surface area (Å²) in [5, 5.41) is 0. The summed E-state index contributed by atoms with van der Waals surface area (Å²) in [6, 6.07) is 6.73. The maximum absolute atomic E-state index is 11.8. The van der Waals surface area contributed by atoms with E-state index < -0.39 is 23.1 Å². The van der Waals surface area contributed by atoms with Gasteiger partial charge in [0, 0.05) is 6.54 Å². The van der Waals surface area contributed by atoms with Crippen LogP contribution in [0, 0.1) is 0 Å². The Labute approximate surface area is 122 Å². The second-order valence-electron chi connectivity index (χ2n) is 4.07. The Morgan fingerprint density at radius 1 is 1.24 bits per heavy atom. The number of nitrogen functional groups attached to an aromatic ring is 1. The van der Waals surface area contributed by atoms with E-state index in [0.29, 0.717) is 11.4 Å². The third-order valence-electron chi connectivity index (χ3n) is 2.34. The van der Waals surface area contributed by atoms with Crippen molar-refractivity contribution in [2.75, 3.05) is 37.9 Å². The quantitative estimate of drug-likeness (QED) is 0.492. The first kappa shape index (κ1) is 17.6. The van der Waals surface area contributed by atoms with Crippen molar-refractivity contribution in [1.29, 1.82) is 0 Å². The highest BCUT2D eigenvalue weighted by Crippen LogP contribution is 2.19. The molecule has 0 heterocycles. The molecule has 0 aliphatic heterocycles. The lowest BCUT2D eigenvalue weighted by Crippen LogP contribution is -2.32. The molecule has 0 spiro atoms. The van der Waals surface area contributed by atoms with E-state index in [0.717, 1.165) is 0 Å². The lowest BCUT2D eigenvalue weighted by molar-refractivity contribution is 0.0199. The fourth-order valence-electron chi connectivity index (χ4n) is 1.39. The van der Waals surface area contributed by atoms with E-state index in [9.17, 15) is 17.2 Å². The molecule has 1 aromatic rings. The normalized spacial score (nSPS) is 11.8.